The molecule has 0 aliphatic rings. The lowest BCUT2D eigenvalue weighted by Gasteiger charge is -2.11. The summed E-state index contributed by atoms with van der Waals surface area (Å²) in [5.74, 6) is -3.01. The van der Waals surface area contributed by atoms with Gasteiger partial charge in [0.05, 0.1) is 20.0 Å². The number of rotatable bonds is 5. The Morgan fingerprint density at radius 3 is 1.80 bits per heavy atom. The molecule has 0 N–H and O–H groups in total. The highest BCUT2D eigenvalue weighted by Gasteiger charge is 2.29. The highest BCUT2D eigenvalue weighted by molar-refractivity contribution is 7.90. The molecule has 0 saturated heterocycles. The zero-order chi connectivity index (χ0) is 12.1. The second-order valence-corrected chi connectivity index (χ2v) is 5.28. The summed E-state index contributed by atoms with van der Waals surface area (Å²) >= 11 is 0. The number of hydrogen-bond acceptors (Lipinski definition) is 6. The molecule has 0 bridgehead atoms. The van der Waals surface area contributed by atoms with Crippen LogP contribution in [0.25, 0.3) is 0 Å². The molecule has 0 unspecified atom stereocenters. The Kier molecular flexibility index (Phi) is 5.27. The van der Waals surface area contributed by atoms with Crippen LogP contribution in [0.2, 0.25) is 0 Å². The van der Waals surface area contributed by atoms with Gasteiger partial charge in [-0.1, -0.05) is 0 Å². The Morgan fingerprint density at radius 1 is 1.13 bits per heavy atom. The summed E-state index contributed by atoms with van der Waals surface area (Å²) in [4.78, 5) is 22.2. The van der Waals surface area contributed by atoms with Gasteiger partial charge in [-0.15, -0.1) is 0 Å². The standard InChI is InChI=1S/C8H14O6S/c1-13-7(9)6(8(10)14-2)4-5-15(3,11)12/h6H,4-5H2,1-3H3. The first kappa shape index (κ1) is 13.9. The molecule has 0 aliphatic heterocycles. The highest BCUT2D eigenvalue weighted by Crippen LogP contribution is 2.09. The maximum atomic E-state index is 11.1. The quantitative estimate of drug-likeness (QED) is 0.469. The van der Waals surface area contributed by atoms with Crippen molar-refractivity contribution in [1.29, 1.82) is 0 Å². The van der Waals surface area contributed by atoms with Crippen LogP contribution in [0.5, 0.6) is 0 Å². The first-order valence-electron chi connectivity index (χ1n) is 4.15. The molecular weight excluding hydrogens is 224 g/mol. The fourth-order valence-corrected chi connectivity index (χ4v) is 1.61. The topological polar surface area (TPSA) is 86.7 Å². The van der Waals surface area contributed by atoms with Gasteiger partial charge in [0.25, 0.3) is 0 Å². The van der Waals surface area contributed by atoms with E-state index in [0.717, 1.165) is 20.5 Å². The van der Waals surface area contributed by atoms with Crippen molar-refractivity contribution >= 4 is 21.8 Å². The third kappa shape index (κ3) is 5.36. The van der Waals surface area contributed by atoms with E-state index < -0.39 is 27.7 Å². The maximum Gasteiger partial charge on any atom is 0.320 e. The van der Waals surface area contributed by atoms with Crippen molar-refractivity contribution < 1.29 is 27.5 Å². The molecule has 0 heterocycles. The smallest absolute Gasteiger partial charge is 0.320 e. The van der Waals surface area contributed by atoms with E-state index in [1.807, 2.05) is 0 Å². The molecule has 0 aromatic rings. The van der Waals surface area contributed by atoms with Crippen LogP contribution in [0.1, 0.15) is 6.42 Å². The predicted molar refractivity (Wildman–Crippen MR) is 51.8 cm³/mol. The van der Waals surface area contributed by atoms with Gasteiger partial charge >= 0.3 is 11.9 Å². The lowest BCUT2D eigenvalue weighted by molar-refractivity contribution is -0.158. The van der Waals surface area contributed by atoms with E-state index in [0.29, 0.717) is 0 Å². The Hall–Kier alpha value is -1.11. The van der Waals surface area contributed by atoms with Crippen LogP contribution in [-0.4, -0.2) is 46.6 Å². The molecule has 15 heavy (non-hydrogen) atoms. The van der Waals surface area contributed by atoms with E-state index in [2.05, 4.69) is 9.47 Å². The summed E-state index contributed by atoms with van der Waals surface area (Å²) in [6.07, 6.45) is 0.900. The molecule has 0 aliphatic carbocycles. The van der Waals surface area contributed by atoms with Crippen LogP contribution in [0.15, 0.2) is 0 Å². The molecule has 0 saturated carbocycles. The molecule has 7 heteroatoms. The van der Waals surface area contributed by atoms with Gasteiger partial charge in [0, 0.05) is 6.26 Å². The van der Waals surface area contributed by atoms with Gasteiger partial charge in [-0.05, 0) is 6.42 Å². The number of hydrogen-bond donors (Lipinski definition) is 0. The molecule has 0 aromatic heterocycles. The van der Waals surface area contributed by atoms with Crippen molar-refractivity contribution in [1.82, 2.24) is 0 Å². The zero-order valence-corrected chi connectivity index (χ0v) is 9.67. The third-order valence-corrected chi connectivity index (χ3v) is 2.73. The molecule has 0 rings (SSSR count). The van der Waals surface area contributed by atoms with Crippen LogP contribution >= 0.6 is 0 Å². The molecule has 0 aromatic carbocycles. The van der Waals surface area contributed by atoms with E-state index >= 15 is 0 Å². The summed E-state index contributed by atoms with van der Waals surface area (Å²) < 4.78 is 30.4. The zero-order valence-electron chi connectivity index (χ0n) is 8.85. The van der Waals surface area contributed by atoms with Crippen LogP contribution in [0.4, 0.5) is 0 Å². The molecular formula is C8H14O6S. The number of ether oxygens (including phenoxy) is 2. The average Bonchev–Trinajstić information content (AvgIpc) is 2.15. The van der Waals surface area contributed by atoms with E-state index in [4.69, 9.17) is 0 Å². The summed E-state index contributed by atoms with van der Waals surface area (Å²) in [6, 6.07) is 0. The van der Waals surface area contributed by atoms with Crippen molar-refractivity contribution in [3.8, 4) is 0 Å². The number of carbonyl (C=O) groups is 2. The molecule has 0 fully saturated rings. The van der Waals surface area contributed by atoms with Crippen molar-refractivity contribution in [2.24, 2.45) is 5.92 Å². The Labute approximate surface area is 88.5 Å². The number of esters is 2. The van der Waals surface area contributed by atoms with Crippen LogP contribution in [0, 0.1) is 5.92 Å². The number of methoxy groups -OCH3 is 2. The molecule has 6 nitrogen and oxygen atoms in total. The van der Waals surface area contributed by atoms with Crippen molar-refractivity contribution in [3.05, 3.63) is 0 Å². The largest absolute Gasteiger partial charge is 0.468 e. The first-order valence-corrected chi connectivity index (χ1v) is 6.21. The predicted octanol–water partition coefficient (Wildman–Crippen LogP) is -0.617. The Bertz CT molecular complexity index is 315. The van der Waals surface area contributed by atoms with Gasteiger partial charge in [0.2, 0.25) is 0 Å². The fourth-order valence-electron chi connectivity index (χ4n) is 0.948. The molecule has 88 valence electrons. The van der Waals surface area contributed by atoms with Gasteiger partial charge < -0.3 is 9.47 Å². The minimum atomic E-state index is -3.22. The second kappa shape index (κ2) is 5.69. The van der Waals surface area contributed by atoms with Crippen molar-refractivity contribution in [2.75, 3.05) is 26.2 Å². The van der Waals surface area contributed by atoms with Crippen LogP contribution < -0.4 is 0 Å². The first-order chi connectivity index (χ1) is 6.81. The Balaban J connectivity index is 4.53. The van der Waals surface area contributed by atoms with Gasteiger partial charge in [0.15, 0.2) is 5.92 Å². The summed E-state index contributed by atoms with van der Waals surface area (Å²) in [5, 5.41) is 0. The van der Waals surface area contributed by atoms with E-state index in [-0.39, 0.29) is 12.2 Å². The van der Waals surface area contributed by atoms with Crippen LogP contribution in [0.3, 0.4) is 0 Å². The van der Waals surface area contributed by atoms with Gasteiger partial charge in [0.1, 0.15) is 9.84 Å². The average molecular weight is 238 g/mol. The normalized spacial score (nSPS) is 11.2. The van der Waals surface area contributed by atoms with Crippen molar-refractivity contribution in [2.45, 2.75) is 6.42 Å². The fraction of sp³-hybridized carbons (Fsp3) is 0.750. The minimum Gasteiger partial charge on any atom is -0.468 e. The maximum absolute atomic E-state index is 11.1. The molecule has 0 atom stereocenters. The number of carbonyl (C=O) groups excluding carboxylic acids is 2. The van der Waals surface area contributed by atoms with Crippen molar-refractivity contribution in [3.63, 3.8) is 0 Å². The lowest BCUT2D eigenvalue weighted by Crippen LogP contribution is -2.28. The van der Waals surface area contributed by atoms with E-state index in [1.165, 1.54) is 0 Å². The Morgan fingerprint density at radius 2 is 1.53 bits per heavy atom. The minimum absolute atomic E-state index is 0.127. The second-order valence-electron chi connectivity index (χ2n) is 3.02. The van der Waals surface area contributed by atoms with Gasteiger partial charge in [-0.3, -0.25) is 9.59 Å². The summed E-state index contributed by atoms with van der Waals surface area (Å²) in [6.45, 7) is 0. The third-order valence-electron chi connectivity index (χ3n) is 1.75. The monoisotopic (exact) mass is 238 g/mol. The number of sulfone groups is 1. The van der Waals surface area contributed by atoms with Gasteiger partial charge in [-0.2, -0.15) is 0 Å². The van der Waals surface area contributed by atoms with Crippen LogP contribution in [-0.2, 0) is 28.9 Å². The van der Waals surface area contributed by atoms with E-state index in [9.17, 15) is 18.0 Å². The lowest BCUT2D eigenvalue weighted by atomic mass is 10.1. The SMILES string of the molecule is COC(=O)C(CCS(C)(=O)=O)C(=O)OC. The van der Waals surface area contributed by atoms with E-state index in [1.54, 1.807) is 0 Å². The van der Waals surface area contributed by atoms with Gasteiger partial charge in [-0.25, -0.2) is 8.42 Å². The summed E-state index contributed by atoms with van der Waals surface area (Å²) in [7, 11) is -0.971. The summed E-state index contributed by atoms with van der Waals surface area (Å²) in [5.41, 5.74) is 0. The molecule has 0 spiro atoms. The molecule has 0 amide bonds. The highest BCUT2D eigenvalue weighted by atomic mass is 32.2. The molecule has 0 radical (unpaired) electrons.